The van der Waals surface area contributed by atoms with E-state index in [0.717, 1.165) is 11.3 Å². The molecule has 0 saturated carbocycles. The monoisotopic (exact) mass is 307 g/mol. The number of hydrogen-bond donors (Lipinski definition) is 1. The van der Waals surface area contributed by atoms with Crippen LogP contribution in [-0.4, -0.2) is 29.7 Å². The zero-order valence-corrected chi connectivity index (χ0v) is 12.3. The standard InChI is InChI=1S/C15H13N7O/c1-10-21-13-14(18-8-19-15(13)23-10)17-6-11-4-2-3-5-12(11)22-9-16-7-20-22/h2-5,7-9H,6H2,1H3,(H,17,18,19). The number of aromatic nitrogens is 6. The number of nitrogens with one attached hydrogen (secondary N) is 1. The Bertz CT molecular complexity index is 946. The van der Waals surface area contributed by atoms with E-state index >= 15 is 0 Å². The number of rotatable bonds is 4. The summed E-state index contributed by atoms with van der Waals surface area (Å²) >= 11 is 0. The van der Waals surface area contributed by atoms with Crippen molar-refractivity contribution in [3.05, 3.63) is 54.7 Å². The Morgan fingerprint density at radius 2 is 2.09 bits per heavy atom. The Morgan fingerprint density at radius 1 is 1.17 bits per heavy atom. The van der Waals surface area contributed by atoms with Gasteiger partial charge in [0, 0.05) is 13.5 Å². The van der Waals surface area contributed by atoms with Gasteiger partial charge in [0.25, 0.3) is 5.71 Å². The maximum atomic E-state index is 5.42. The highest BCUT2D eigenvalue weighted by Gasteiger charge is 2.11. The first kappa shape index (κ1) is 13.4. The van der Waals surface area contributed by atoms with Crippen molar-refractivity contribution in [3.63, 3.8) is 0 Å². The van der Waals surface area contributed by atoms with Gasteiger partial charge in [-0.25, -0.2) is 19.6 Å². The Balaban J connectivity index is 1.64. The van der Waals surface area contributed by atoms with Crippen LogP contribution in [0, 0.1) is 6.92 Å². The zero-order chi connectivity index (χ0) is 15.6. The highest BCUT2D eigenvalue weighted by atomic mass is 16.4. The van der Waals surface area contributed by atoms with Crippen molar-refractivity contribution in [1.29, 1.82) is 0 Å². The average molecular weight is 307 g/mol. The number of fused-ring (bicyclic) bond motifs is 1. The fraction of sp³-hybridized carbons (Fsp3) is 0.133. The van der Waals surface area contributed by atoms with Crippen LogP contribution >= 0.6 is 0 Å². The van der Waals surface area contributed by atoms with E-state index in [2.05, 4.69) is 30.4 Å². The maximum Gasteiger partial charge on any atom is 0.252 e. The van der Waals surface area contributed by atoms with E-state index in [1.165, 1.54) is 12.7 Å². The van der Waals surface area contributed by atoms with Crippen LogP contribution in [0.2, 0.25) is 0 Å². The number of anilines is 1. The SMILES string of the molecule is Cc1nc2c(NCc3ccccc3-n3cncn3)ncnc2o1. The molecular weight excluding hydrogens is 294 g/mol. The van der Waals surface area contributed by atoms with Crippen molar-refractivity contribution >= 4 is 17.0 Å². The van der Waals surface area contributed by atoms with Gasteiger partial charge >= 0.3 is 0 Å². The smallest absolute Gasteiger partial charge is 0.252 e. The van der Waals surface area contributed by atoms with Gasteiger partial charge in [-0.2, -0.15) is 10.1 Å². The van der Waals surface area contributed by atoms with Crippen molar-refractivity contribution in [1.82, 2.24) is 29.7 Å². The van der Waals surface area contributed by atoms with Crippen LogP contribution in [-0.2, 0) is 6.54 Å². The molecule has 3 heterocycles. The van der Waals surface area contributed by atoms with Crippen molar-refractivity contribution in [2.45, 2.75) is 13.5 Å². The lowest BCUT2D eigenvalue weighted by Gasteiger charge is -2.10. The van der Waals surface area contributed by atoms with E-state index in [1.807, 2.05) is 24.3 Å². The molecule has 4 aromatic rings. The molecule has 0 fully saturated rings. The molecule has 0 radical (unpaired) electrons. The Hall–Kier alpha value is -3.29. The lowest BCUT2D eigenvalue weighted by molar-refractivity contribution is 0.551. The maximum absolute atomic E-state index is 5.42. The molecule has 0 unspecified atom stereocenters. The minimum atomic E-state index is 0.476. The van der Waals surface area contributed by atoms with Gasteiger partial charge in [0.15, 0.2) is 17.2 Å². The summed E-state index contributed by atoms with van der Waals surface area (Å²) < 4.78 is 7.15. The minimum absolute atomic E-state index is 0.476. The van der Waals surface area contributed by atoms with Crippen LogP contribution < -0.4 is 5.32 Å². The van der Waals surface area contributed by atoms with Crippen LogP contribution in [0.15, 0.2) is 47.7 Å². The van der Waals surface area contributed by atoms with Crippen LogP contribution in [0.3, 0.4) is 0 Å². The first-order valence-electron chi connectivity index (χ1n) is 7.06. The molecule has 0 aliphatic carbocycles. The quantitative estimate of drug-likeness (QED) is 0.617. The second-order valence-corrected chi connectivity index (χ2v) is 4.93. The molecule has 1 N–H and O–H groups in total. The summed E-state index contributed by atoms with van der Waals surface area (Å²) in [6.45, 7) is 2.35. The molecule has 0 amide bonds. The van der Waals surface area contributed by atoms with Gasteiger partial charge in [-0.05, 0) is 11.6 Å². The summed E-state index contributed by atoms with van der Waals surface area (Å²) in [5.41, 5.74) is 3.12. The Morgan fingerprint density at radius 3 is 2.96 bits per heavy atom. The topological polar surface area (TPSA) is 94.6 Å². The third-order valence-electron chi connectivity index (χ3n) is 3.41. The first-order chi connectivity index (χ1) is 11.3. The summed E-state index contributed by atoms with van der Waals surface area (Å²) in [6, 6.07) is 7.95. The molecule has 8 nitrogen and oxygen atoms in total. The lowest BCUT2D eigenvalue weighted by atomic mass is 10.2. The highest BCUT2D eigenvalue weighted by Crippen LogP contribution is 2.21. The van der Waals surface area contributed by atoms with E-state index in [4.69, 9.17) is 4.42 Å². The van der Waals surface area contributed by atoms with Gasteiger partial charge in [0.05, 0.1) is 5.69 Å². The van der Waals surface area contributed by atoms with E-state index in [0.29, 0.717) is 29.5 Å². The molecule has 114 valence electrons. The summed E-state index contributed by atoms with van der Waals surface area (Å²) in [6.07, 6.45) is 4.64. The molecule has 0 saturated heterocycles. The fourth-order valence-electron chi connectivity index (χ4n) is 2.38. The van der Waals surface area contributed by atoms with Gasteiger partial charge in [-0.1, -0.05) is 18.2 Å². The third-order valence-corrected chi connectivity index (χ3v) is 3.41. The number of benzene rings is 1. The molecule has 1 aromatic carbocycles. The Labute approximate surface area is 131 Å². The molecule has 3 aromatic heterocycles. The molecule has 0 bridgehead atoms. The average Bonchev–Trinajstić information content (AvgIpc) is 3.21. The second kappa shape index (κ2) is 5.48. The second-order valence-electron chi connectivity index (χ2n) is 4.93. The number of hydrogen-bond acceptors (Lipinski definition) is 7. The number of aryl methyl sites for hydroxylation is 1. The van der Waals surface area contributed by atoms with Gasteiger partial charge < -0.3 is 9.73 Å². The van der Waals surface area contributed by atoms with E-state index < -0.39 is 0 Å². The van der Waals surface area contributed by atoms with Crippen LogP contribution in [0.4, 0.5) is 5.82 Å². The minimum Gasteiger partial charge on any atom is -0.422 e. The van der Waals surface area contributed by atoms with E-state index in [-0.39, 0.29) is 0 Å². The molecule has 0 aliphatic heterocycles. The van der Waals surface area contributed by atoms with Crippen LogP contribution in [0.25, 0.3) is 16.9 Å². The molecule has 4 rings (SSSR count). The van der Waals surface area contributed by atoms with Crippen molar-refractivity contribution in [2.24, 2.45) is 0 Å². The molecule has 8 heteroatoms. The van der Waals surface area contributed by atoms with E-state index in [9.17, 15) is 0 Å². The van der Waals surface area contributed by atoms with Crippen LogP contribution in [0.5, 0.6) is 0 Å². The molecule has 0 aliphatic rings. The van der Waals surface area contributed by atoms with Gasteiger partial charge in [-0.15, -0.1) is 0 Å². The molecule has 23 heavy (non-hydrogen) atoms. The number of oxazole rings is 1. The molecule has 0 spiro atoms. The predicted octanol–water partition coefficient (Wildman–Crippen LogP) is 2.12. The van der Waals surface area contributed by atoms with Crippen LogP contribution in [0.1, 0.15) is 11.5 Å². The van der Waals surface area contributed by atoms with Crippen molar-refractivity contribution in [2.75, 3.05) is 5.32 Å². The number of nitrogens with zero attached hydrogens (tertiary/aromatic N) is 6. The lowest BCUT2D eigenvalue weighted by Crippen LogP contribution is -2.07. The Kier molecular flexibility index (Phi) is 3.19. The van der Waals surface area contributed by atoms with Gasteiger partial charge in [-0.3, -0.25) is 0 Å². The zero-order valence-electron chi connectivity index (χ0n) is 12.3. The molecular formula is C15H13N7O. The van der Waals surface area contributed by atoms with Gasteiger partial charge in [0.2, 0.25) is 0 Å². The first-order valence-corrected chi connectivity index (χ1v) is 7.06. The summed E-state index contributed by atoms with van der Waals surface area (Å²) in [5, 5.41) is 7.46. The van der Waals surface area contributed by atoms with E-state index in [1.54, 1.807) is 17.9 Å². The van der Waals surface area contributed by atoms with Crippen molar-refractivity contribution < 1.29 is 4.42 Å². The van der Waals surface area contributed by atoms with Crippen molar-refractivity contribution in [3.8, 4) is 5.69 Å². The van der Waals surface area contributed by atoms with Gasteiger partial charge in [0.1, 0.15) is 19.0 Å². The molecule has 0 atom stereocenters. The predicted molar refractivity (Wildman–Crippen MR) is 83.0 cm³/mol. The summed E-state index contributed by atoms with van der Waals surface area (Å²) in [4.78, 5) is 16.6. The summed E-state index contributed by atoms with van der Waals surface area (Å²) in [5.74, 6) is 1.20. The summed E-state index contributed by atoms with van der Waals surface area (Å²) in [7, 11) is 0. The normalized spacial score (nSPS) is 11.0. The largest absolute Gasteiger partial charge is 0.422 e. The third kappa shape index (κ3) is 2.50. The number of para-hydroxylation sites is 1. The highest BCUT2D eigenvalue weighted by molar-refractivity contribution is 5.80. The fourth-order valence-corrected chi connectivity index (χ4v) is 2.38.